The van der Waals surface area contributed by atoms with Crippen molar-refractivity contribution in [3.8, 4) is 0 Å². The average Bonchev–Trinajstić information content (AvgIpc) is 2.93. The van der Waals surface area contributed by atoms with Gasteiger partial charge in [-0.2, -0.15) is 21.6 Å². The Kier molecular flexibility index (Phi) is 9.85. The first kappa shape index (κ1) is 32.0. The van der Waals surface area contributed by atoms with Crippen LogP contribution < -0.4 is 10.0 Å². The molecule has 0 aliphatic heterocycles. The zero-order chi connectivity index (χ0) is 31.2. The number of methoxy groups -OCH3 is 2. The number of benzene rings is 2. The number of hydrogen-bond acceptors (Lipinski definition) is 11. The van der Waals surface area contributed by atoms with E-state index in [0.29, 0.717) is 11.4 Å². The first-order chi connectivity index (χ1) is 19.7. The minimum Gasteiger partial charge on any atom is -0.465 e. The molecular weight excluding hydrogens is 590 g/mol. The van der Waals surface area contributed by atoms with Gasteiger partial charge >= 0.3 is 37.9 Å². The Morgan fingerprint density at radius 2 is 1.29 bits per heavy atom. The number of rotatable bonds is 9. The number of anilines is 1. The monoisotopic (exact) mass is 620 g/mol. The van der Waals surface area contributed by atoms with E-state index in [1.165, 1.54) is 50.2 Å². The molecule has 0 aliphatic carbocycles. The second kappa shape index (κ2) is 12.9. The fourth-order valence-electron chi connectivity index (χ4n) is 3.64. The van der Waals surface area contributed by atoms with Crippen LogP contribution in [0.2, 0.25) is 0 Å². The molecule has 0 saturated heterocycles. The number of aromatic nitrogens is 2. The predicted molar refractivity (Wildman–Crippen MR) is 150 cm³/mol. The summed E-state index contributed by atoms with van der Waals surface area (Å²) in [5.41, 5.74) is 0.319. The Hall–Kier alpha value is -4.57. The maximum absolute atomic E-state index is 14.1. The molecule has 0 aliphatic rings. The molecule has 42 heavy (non-hydrogen) atoms. The highest BCUT2D eigenvalue weighted by atomic mass is 32.2. The molecule has 224 valence electrons. The van der Waals surface area contributed by atoms with Gasteiger partial charge in [0.2, 0.25) is 0 Å². The molecule has 1 heterocycles. The summed E-state index contributed by atoms with van der Waals surface area (Å²) in [4.78, 5) is 37.8. The first-order valence-corrected chi connectivity index (χ1v) is 15.2. The van der Waals surface area contributed by atoms with Crippen LogP contribution in [-0.4, -0.2) is 69.2 Å². The molecule has 0 saturated carbocycles. The van der Waals surface area contributed by atoms with Gasteiger partial charge in [0.15, 0.2) is 0 Å². The quantitative estimate of drug-likeness (QED) is 0.117. The molecule has 2 aromatic carbocycles. The minimum atomic E-state index is -4.87. The summed E-state index contributed by atoms with van der Waals surface area (Å²) in [7, 11) is -7.43. The molecule has 1 aromatic heterocycles. The topological polar surface area (TPSA) is 183 Å². The van der Waals surface area contributed by atoms with Gasteiger partial charge in [-0.1, -0.05) is 24.3 Å². The van der Waals surface area contributed by atoms with Gasteiger partial charge in [0.25, 0.3) is 5.95 Å². The molecule has 0 unspecified atom stereocenters. The summed E-state index contributed by atoms with van der Waals surface area (Å²) in [5.74, 6) is -2.87. The fraction of sp³-hybridized carbons (Fsp3) is 0.269. The third-order valence-electron chi connectivity index (χ3n) is 5.30. The van der Waals surface area contributed by atoms with Crippen LogP contribution >= 0.6 is 0 Å². The lowest BCUT2D eigenvalue weighted by molar-refractivity contribution is -0.687. The molecule has 0 amide bonds. The van der Waals surface area contributed by atoms with E-state index in [1.54, 1.807) is 19.9 Å². The van der Waals surface area contributed by atoms with Crippen LogP contribution in [0.5, 0.6) is 0 Å². The van der Waals surface area contributed by atoms with E-state index >= 15 is 0 Å². The number of carbonyl (C=O) groups is 2. The number of ether oxygens (including phenoxy) is 2. The number of esters is 2. The largest absolute Gasteiger partial charge is 0.465 e. The normalized spacial score (nSPS) is 12.3. The van der Waals surface area contributed by atoms with Crippen molar-refractivity contribution in [2.45, 2.75) is 43.6 Å². The van der Waals surface area contributed by atoms with Gasteiger partial charge in [-0.15, -0.1) is 0 Å². The highest BCUT2D eigenvalue weighted by molar-refractivity contribution is 7.90. The van der Waals surface area contributed by atoms with Gasteiger partial charge in [0.05, 0.1) is 25.3 Å². The van der Waals surface area contributed by atoms with Gasteiger partial charge in [0, 0.05) is 15.5 Å². The van der Waals surface area contributed by atoms with E-state index in [1.807, 2.05) is 0 Å². The van der Waals surface area contributed by atoms with E-state index in [-0.39, 0.29) is 21.2 Å². The highest BCUT2D eigenvalue weighted by Crippen LogP contribution is 2.21. The molecule has 16 heteroatoms. The molecule has 0 spiro atoms. The number of carbonyl (C=O) groups excluding carboxylic acids is 2. The number of sulfonamides is 2. The summed E-state index contributed by atoms with van der Waals surface area (Å²) in [6.07, 6.45) is -0.839. The van der Waals surface area contributed by atoms with Gasteiger partial charge in [-0.05, 0) is 58.0 Å². The van der Waals surface area contributed by atoms with Crippen LogP contribution in [0.3, 0.4) is 0 Å². The van der Waals surface area contributed by atoms with Crippen LogP contribution in [0.1, 0.15) is 46.0 Å². The van der Waals surface area contributed by atoms with Crippen molar-refractivity contribution in [1.82, 2.24) is 14.7 Å². The number of hydrogen-bond donors (Lipinski definition) is 2. The lowest BCUT2D eigenvalue weighted by Crippen LogP contribution is -2.46. The molecule has 2 N–H and O–H groups in total. The molecule has 3 rings (SSSR count). The highest BCUT2D eigenvalue weighted by Gasteiger charge is 2.38. The van der Waals surface area contributed by atoms with Crippen LogP contribution in [0.15, 0.2) is 64.4 Å². The van der Waals surface area contributed by atoms with Crippen molar-refractivity contribution < 1.29 is 44.9 Å². The van der Waals surface area contributed by atoms with Gasteiger partial charge in [0.1, 0.15) is 15.9 Å². The molecule has 0 fully saturated rings. The lowest BCUT2D eigenvalue weighted by atomic mass is 10.2. The minimum absolute atomic E-state index is 0.180. The zero-order valence-corrected chi connectivity index (χ0v) is 25.2. The number of nitrogens with zero attached hydrogens (tertiary/aromatic N) is 3. The van der Waals surface area contributed by atoms with E-state index in [9.17, 15) is 26.4 Å². The standard InChI is InChI=1S/C26H29N5O9S2/c1-16(2)40-31(42(36,37)22-14-10-8-12-20(22)24(33)39-6)26(29-25-27-17(3)15-18(4)28-25)30-41(34,35)21-13-9-7-11-19(21)23(32)38-5/h7-16H,1-6H3,(H,27,28,29,30)/p+1. The number of aryl methyl sites for hydroxylation is 2. The van der Waals surface area contributed by atoms with Crippen LogP contribution in [0.4, 0.5) is 5.95 Å². The van der Waals surface area contributed by atoms with E-state index < -0.39 is 53.8 Å². The van der Waals surface area contributed by atoms with Crippen molar-refractivity contribution in [3.63, 3.8) is 0 Å². The van der Waals surface area contributed by atoms with Crippen molar-refractivity contribution in [3.05, 3.63) is 77.1 Å². The SMILES string of the molecule is COC(=O)c1ccccc1S(=O)(=O)NC(Nc1nc(C)cc(C)n1)=[N+](OC(C)C)S(=O)(=O)c1ccccc1C(=O)OC. The second-order valence-electron chi connectivity index (χ2n) is 8.92. The fourth-order valence-corrected chi connectivity index (χ4v) is 6.37. The van der Waals surface area contributed by atoms with Crippen LogP contribution in [0, 0.1) is 13.8 Å². The molecule has 0 radical (unpaired) electrons. The third kappa shape index (κ3) is 7.19. The summed E-state index contributed by atoms with van der Waals surface area (Å²) in [5, 5.41) is 2.59. The van der Waals surface area contributed by atoms with Crippen molar-refractivity contribution in [2.24, 2.45) is 0 Å². The smallest absolute Gasteiger partial charge is 0.421 e. The Labute approximate surface area is 243 Å². The predicted octanol–water partition coefficient (Wildman–Crippen LogP) is 2.15. The zero-order valence-electron chi connectivity index (χ0n) is 23.6. The first-order valence-electron chi connectivity index (χ1n) is 12.3. The summed E-state index contributed by atoms with van der Waals surface area (Å²) in [6.45, 7) is 6.31. The van der Waals surface area contributed by atoms with Crippen LogP contribution in [-0.2, 0) is 34.4 Å². The van der Waals surface area contributed by atoms with E-state index in [0.717, 1.165) is 26.4 Å². The summed E-state index contributed by atoms with van der Waals surface area (Å²) >= 11 is 0. The van der Waals surface area contributed by atoms with Crippen LogP contribution in [0.25, 0.3) is 0 Å². The molecular formula is C26H30N5O9S2+. The second-order valence-corrected chi connectivity index (χ2v) is 12.3. The molecule has 0 atom stereocenters. The molecule has 14 nitrogen and oxygen atoms in total. The third-order valence-corrected chi connectivity index (χ3v) is 8.32. The molecule has 3 aromatic rings. The lowest BCUT2D eigenvalue weighted by Gasteiger charge is -2.17. The van der Waals surface area contributed by atoms with Gasteiger partial charge in [-0.3, -0.25) is 0 Å². The number of guanidine groups is 1. The summed E-state index contributed by atoms with van der Waals surface area (Å²) < 4.78 is 67.5. The van der Waals surface area contributed by atoms with Gasteiger partial charge in [-0.25, -0.2) is 24.9 Å². The number of nitrogens with one attached hydrogen (secondary N) is 2. The van der Waals surface area contributed by atoms with Crippen molar-refractivity contribution >= 4 is 43.9 Å². The van der Waals surface area contributed by atoms with Gasteiger partial charge < -0.3 is 14.3 Å². The Bertz CT molecular complexity index is 1730. The van der Waals surface area contributed by atoms with Crippen molar-refractivity contribution in [1.29, 1.82) is 0 Å². The Balaban J connectivity index is 2.37. The Morgan fingerprint density at radius 3 is 1.79 bits per heavy atom. The van der Waals surface area contributed by atoms with Crippen molar-refractivity contribution in [2.75, 3.05) is 19.5 Å². The maximum atomic E-state index is 14.1. The average molecular weight is 621 g/mol. The van der Waals surface area contributed by atoms with E-state index in [2.05, 4.69) is 20.0 Å². The summed E-state index contributed by atoms with van der Waals surface area (Å²) in [6, 6.07) is 12.0. The maximum Gasteiger partial charge on any atom is 0.421 e. The molecule has 0 bridgehead atoms. The van der Waals surface area contributed by atoms with E-state index in [4.69, 9.17) is 14.3 Å². The Morgan fingerprint density at radius 1 is 0.810 bits per heavy atom.